The highest BCUT2D eigenvalue weighted by molar-refractivity contribution is 5.95. The van der Waals surface area contributed by atoms with Gasteiger partial charge in [0, 0.05) is 56.3 Å². The fraction of sp³-hybridized carbons (Fsp3) is 0.318. The van der Waals surface area contributed by atoms with Crippen molar-refractivity contribution < 1.29 is 14.1 Å². The van der Waals surface area contributed by atoms with Gasteiger partial charge >= 0.3 is 0 Å². The lowest BCUT2D eigenvalue weighted by Gasteiger charge is -2.21. The number of nitrogens with zero attached hydrogens (tertiary/aromatic N) is 3. The van der Waals surface area contributed by atoms with Gasteiger partial charge in [0.15, 0.2) is 5.58 Å². The fourth-order valence-corrected chi connectivity index (χ4v) is 3.68. The van der Waals surface area contributed by atoms with Gasteiger partial charge in [-0.05, 0) is 42.8 Å². The Labute approximate surface area is 169 Å². The summed E-state index contributed by atoms with van der Waals surface area (Å²) in [4.78, 5) is 28.2. The van der Waals surface area contributed by atoms with Crippen molar-refractivity contribution in [3.8, 4) is 0 Å². The number of para-hydroxylation sites is 1. The van der Waals surface area contributed by atoms with Crippen molar-refractivity contribution in [1.82, 2.24) is 15.0 Å². The van der Waals surface area contributed by atoms with Crippen molar-refractivity contribution in [3.63, 3.8) is 0 Å². The molecular formula is C22H24N4O3. The van der Waals surface area contributed by atoms with E-state index in [4.69, 9.17) is 4.52 Å². The highest BCUT2D eigenvalue weighted by atomic mass is 16.5. The Balaban J connectivity index is 1.38. The molecule has 1 N–H and O–H groups in total. The van der Waals surface area contributed by atoms with E-state index in [0.717, 1.165) is 42.7 Å². The van der Waals surface area contributed by atoms with Crippen LogP contribution in [0.2, 0.25) is 0 Å². The summed E-state index contributed by atoms with van der Waals surface area (Å²) in [6, 6.07) is 14.9. The van der Waals surface area contributed by atoms with Crippen molar-refractivity contribution >= 4 is 28.5 Å². The summed E-state index contributed by atoms with van der Waals surface area (Å²) in [6.45, 7) is 5.27. The largest absolute Gasteiger partial charge is 0.356 e. The molecule has 0 bridgehead atoms. The Morgan fingerprint density at radius 1 is 1.03 bits per heavy atom. The normalized spacial score (nSPS) is 15.3. The molecule has 0 saturated carbocycles. The number of rotatable bonds is 4. The van der Waals surface area contributed by atoms with Gasteiger partial charge < -0.3 is 14.7 Å². The first-order chi connectivity index (χ1) is 14.1. The number of amides is 2. The first-order valence-electron chi connectivity index (χ1n) is 9.83. The number of aromatic nitrogens is 1. The second kappa shape index (κ2) is 8.45. The Bertz CT molecular complexity index is 1010. The number of nitrogens with one attached hydrogen (secondary N) is 1. The number of anilines is 1. The highest BCUT2D eigenvalue weighted by Gasteiger charge is 2.21. The average molecular weight is 392 g/mol. The van der Waals surface area contributed by atoms with E-state index in [2.05, 4.69) is 15.4 Å². The lowest BCUT2D eigenvalue weighted by atomic mass is 10.1. The molecule has 2 aromatic carbocycles. The smallest absolute Gasteiger partial charge is 0.253 e. The van der Waals surface area contributed by atoms with Crippen LogP contribution in [-0.4, -0.2) is 52.9 Å². The van der Waals surface area contributed by atoms with Gasteiger partial charge in [0.2, 0.25) is 5.91 Å². The molecule has 29 heavy (non-hydrogen) atoms. The van der Waals surface area contributed by atoms with Crippen molar-refractivity contribution in [1.29, 1.82) is 0 Å². The van der Waals surface area contributed by atoms with Gasteiger partial charge in [-0.25, -0.2) is 0 Å². The van der Waals surface area contributed by atoms with Crippen LogP contribution in [0, 0.1) is 0 Å². The maximum atomic E-state index is 12.9. The van der Waals surface area contributed by atoms with Crippen LogP contribution in [0.1, 0.15) is 29.4 Å². The van der Waals surface area contributed by atoms with E-state index in [1.807, 2.05) is 29.2 Å². The van der Waals surface area contributed by atoms with Gasteiger partial charge in [0.05, 0.1) is 0 Å². The minimum Gasteiger partial charge on any atom is -0.356 e. The molecule has 4 rings (SSSR count). The highest BCUT2D eigenvalue weighted by Crippen LogP contribution is 2.20. The van der Waals surface area contributed by atoms with Crippen molar-refractivity contribution in [3.05, 3.63) is 59.8 Å². The SMILES string of the molecule is CC(=O)Nc1ccc(C(=O)N2CCCN(Cc3noc4ccccc34)CC2)cc1. The molecule has 1 aromatic heterocycles. The summed E-state index contributed by atoms with van der Waals surface area (Å²) in [5.74, 6) is -0.107. The number of hydrogen-bond acceptors (Lipinski definition) is 5. The Hall–Kier alpha value is -3.19. The summed E-state index contributed by atoms with van der Waals surface area (Å²) in [7, 11) is 0. The van der Waals surface area contributed by atoms with Gasteiger partial charge in [-0.3, -0.25) is 14.5 Å². The van der Waals surface area contributed by atoms with E-state index in [9.17, 15) is 9.59 Å². The molecule has 3 aromatic rings. The molecule has 150 valence electrons. The Morgan fingerprint density at radius 2 is 1.83 bits per heavy atom. The number of benzene rings is 2. The van der Waals surface area contributed by atoms with E-state index in [1.165, 1.54) is 6.92 Å². The Kier molecular flexibility index (Phi) is 5.57. The zero-order valence-corrected chi connectivity index (χ0v) is 16.4. The summed E-state index contributed by atoms with van der Waals surface area (Å²) < 4.78 is 5.41. The van der Waals surface area contributed by atoms with Crippen LogP contribution in [0.4, 0.5) is 5.69 Å². The summed E-state index contributed by atoms with van der Waals surface area (Å²) >= 11 is 0. The maximum Gasteiger partial charge on any atom is 0.253 e. The molecular weight excluding hydrogens is 368 g/mol. The molecule has 1 fully saturated rings. The van der Waals surface area contributed by atoms with Crippen LogP contribution < -0.4 is 5.32 Å². The molecule has 7 nitrogen and oxygen atoms in total. The zero-order valence-electron chi connectivity index (χ0n) is 16.4. The lowest BCUT2D eigenvalue weighted by molar-refractivity contribution is -0.114. The standard InChI is InChI=1S/C22H24N4O3/c1-16(27)23-18-9-7-17(8-10-18)22(28)26-12-4-11-25(13-14-26)15-20-19-5-2-3-6-21(19)29-24-20/h2-3,5-10H,4,11-15H2,1H3,(H,23,27). The van der Waals surface area contributed by atoms with Crippen molar-refractivity contribution in [2.45, 2.75) is 19.9 Å². The van der Waals surface area contributed by atoms with E-state index >= 15 is 0 Å². The molecule has 1 aliphatic rings. The van der Waals surface area contributed by atoms with Crippen LogP contribution in [0.15, 0.2) is 53.1 Å². The average Bonchev–Trinajstić information content (AvgIpc) is 2.97. The summed E-state index contributed by atoms with van der Waals surface area (Å²) in [6.07, 6.45) is 0.908. The molecule has 0 unspecified atom stereocenters. The van der Waals surface area contributed by atoms with Gasteiger partial charge in [-0.1, -0.05) is 17.3 Å². The molecule has 0 atom stereocenters. The van der Waals surface area contributed by atoms with E-state index in [-0.39, 0.29) is 11.8 Å². The number of carbonyl (C=O) groups excluding carboxylic acids is 2. The third kappa shape index (κ3) is 4.46. The molecule has 1 saturated heterocycles. The second-order valence-electron chi connectivity index (χ2n) is 7.31. The lowest BCUT2D eigenvalue weighted by Crippen LogP contribution is -2.35. The zero-order chi connectivity index (χ0) is 20.2. The van der Waals surface area contributed by atoms with Crippen LogP contribution >= 0.6 is 0 Å². The van der Waals surface area contributed by atoms with Gasteiger partial charge in [-0.2, -0.15) is 0 Å². The van der Waals surface area contributed by atoms with Crippen LogP contribution in [0.3, 0.4) is 0 Å². The van der Waals surface area contributed by atoms with Gasteiger partial charge in [0.1, 0.15) is 5.69 Å². The topological polar surface area (TPSA) is 78.7 Å². The second-order valence-corrected chi connectivity index (χ2v) is 7.31. The molecule has 2 heterocycles. The summed E-state index contributed by atoms with van der Waals surface area (Å²) in [5, 5.41) is 7.98. The molecule has 1 aliphatic heterocycles. The van der Waals surface area contributed by atoms with E-state index in [0.29, 0.717) is 24.3 Å². The van der Waals surface area contributed by atoms with Crippen LogP contribution in [-0.2, 0) is 11.3 Å². The number of carbonyl (C=O) groups is 2. The first-order valence-corrected chi connectivity index (χ1v) is 9.83. The Morgan fingerprint density at radius 3 is 2.62 bits per heavy atom. The van der Waals surface area contributed by atoms with Crippen LogP contribution in [0.25, 0.3) is 11.0 Å². The van der Waals surface area contributed by atoms with Gasteiger partial charge in [0.25, 0.3) is 5.91 Å². The predicted octanol–water partition coefficient (Wildman–Crippen LogP) is 3.13. The van der Waals surface area contributed by atoms with Crippen molar-refractivity contribution in [2.24, 2.45) is 0 Å². The van der Waals surface area contributed by atoms with E-state index < -0.39 is 0 Å². The predicted molar refractivity (Wildman–Crippen MR) is 111 cm³/mol. The third-order valence-corrected chi connectivity index (χ3v) is 5.15. The van der Waals surface area contributed by atoms with Crippen LogP contribution in [0.5, 0.6) is 0 Å². The minimum atomic E-state index is -0.128. The molecule has 0 spiro atoms. The molecule has 7 heteroatoms. The number of hydrogen-bond donors (Lipinski definition) is 1. The monoisotopic (exact) mass is 392 g/mol. The van der Waals surface area contributed by atoms with E-state index in [1.54, 1.807) is 24.3 Å². The molecule has 2 amide bonds. The quantitative estimate of drug-likeness (QED) is 0.738. The maximum absolute atomic E-state index is 12.9. The van der Waals surface area contributed by atoms with Crippen molar-refractivity contribution in [2.75, 3.05) is 31.5 Å². The first kappa shape index (κ1) is 19.1. The number of fused-ring (bicyclic) bond motifs is 1. The fourth-order valence-electron chi connectivity index (χ4n) is 3.68. The summed E-state index contributed by atoms with van der Waals surface area (Å²) in [5.41, 5.74) is 3.07. The minimum absolute atomic E-state index is 0.0214. The third-order valence-electron chi connectivity index (χ3n) is 5.15. The molecule has 0 aliphatic carbocycles. The van der Waals surface area contributed by atoms with Gasteiger partial charge in [-0.15, -0.1) is 0 Å². The molecule has 0 radical (unpaired) electrons.